The standard InChI is InChI=1S/C11H19NO/c1-3-12(2)9-11(13)10-7-5-4-6-8-10/h5,7-8,11,13H,3-4,6,9H2,1-2H3. The molecule has 0 amide bonds. The van der Waals surface area contributed by atoms with Gasteiger partial charge in [0.05, 0.1) is 6.10 Å². The first-order valence-electron chi connectivity index (χ1n) is 4.97. The fraction of sp³-hybridized carbons (Fsp3) is 0.636. The average molecular weight is 181 g/mol. The smallest absolute Gasteiger partial charge is 0.0913 e. The molecule has 0 aromatic heterocycles. The van der Waals surface area contributed by atoms with Crippen LogP contribution in [-0.4, -0.2) is 36.2 Å². The maximum absolute atomic E-state index is 9.81. The van der Waals surface area contributed by atoms with Crippen LogP contribution in [0.3, 0.4) is 0 Å². The van der Waals surface area contributed by atoms with Gasteiger partial charge < -0.3 is 10.0 Å². The molecule has 1 atom stereocenters. The maximum Gasteiger partial charge on any atom is 0.0913 e. The molecule has 0 fully saturated rings. The fourth-order valence-electron chi connectivity index (χ4n) is 1.41. The highest BCUT2D eigenvalue weighted by molar-refractivity contribution is 5.26. The number of aliphatic hydroxyl groups is 1. The Morgan fingerprint density at radius 1 is 1.54 bits per heavy atom. The summed E-state index contributed by atoms with van der Waals surface area (Å²) >= 11 is 0. The Labute approximate surface area is 80.6 Å². The molecule has 0 saturated heterocycles. The molecule has 13 heavy (non-hydrogen) atoms. The van der Waals surface area contributed by atoms with Crippen LogP contribution < -0.4 is 0 Å². The molecule has 0 aromatic rings. The zero-order valence-corrected chi connectivity index (χ0v) is 8.53. The molecular formula is C11H19NO. The molecule has 0 aliphatic heterocycles. The molecule has 2 nitrogen and oxygen atoms in total. The lowest BCUT2D eigenvalue weighted by Crippen LogP contribution is -2.30. The van der Waals surface area contributed by atoms with Crippen LogP contribution in [0.4, 0.5) is 0 Å². The van der Waals surface area contributed by atoms with Crippen molar-refractivity contribution < 1.29 is 5.11 Å². The second-order valence-corrected chi connectivity index (χ2v) is 3.55. The van der Waals surface area contributed by atoms with Gasteiger partial charge in [0.15, 0.2) is 0 Å². The molecule has 2 heteroatoms. The largest absolute Gasteiger partial charge is 0.387 e. The molecule has 1 rings (SSSR count). The number of nitrogens with zero attached hydrogens (tertiary/aromatic N) is 1. The van der Waals surface area contributed by atoms with E-state index in [2.05, 4.69) is 24.0 Å². The molecule has 0 radical (unpaired) electrons. The fourth-order valence-corrected chi connectivity index (χ4v) is 1.41. The number of allylic oxidation sites excluding steroid dienone is 2. The highest BCUT2D eigenvalue weighted by atomic mass is 16.3. The quantitative estimate of drug-likeness (QED) is 0.711. The van der Waals surface area contributed by atoms with E-state index < -0.39 is 0 Å². The van der Waals surface area contributed by atoms with Crippen molar-refractivity contribution in [1.82, 2.24) is 4.90 Å². The summed E-state index contributed by atoms with van der Waals surface area (Å²) in [5.41, 5.74) is 1.08. The summed E-state index contributed by atoms with van der Waals surface area (Å²) in [5.74, 6) is 0. The molecular weight excluding hydrogens is 162 g/mol. The molecule has 0 spiro atoms. The summed E-state index contributed by atoms with van der Waals surface area (Å²) in [6.07, 6.45) is 8.16. The van der Waals surface area contributed by atoms with Gasteiger partial charge in [0, 0.05) is 6.54 Å². The first-order valence-corrected chi connectivity index (χ1v) is 4.97. The van der Waals surface area contributed by atoms with Gasteiger partial charge in [-0.15, -0.1) is 0 Å². The van der Waals surface area contributed by atoms with E-state index in [4.69, 9.17) is 0 Å². The summed E-state index contributed by atoms with van der Waals surface area (Å²) in [6.45, 7) is 3.80. The molecule has 1 aliphatic carbocycles. The minimum absolute atomic E-state index is 0.318. The average Bonchev–Trinajstić information content (AvgIpc) is 2.19. The first kappa shape index (κ1) is 10.5. The van der Waals surface area contributed by atoms with E-state index in [-0.39, 0.29) is 6.10 Å². The lowest BCUT2D eigenvalue weighted by Gasteiger charge is -2.20. The van der Waals surface area contributed by atoms with Crippen molar-refractivity contribution in [2.24, 2.45) is 0 Å². The van der Waals surface area contributed by atoms with E-state index in [1.807, 2.05) is 13.1 Å². The van der Waals surface area contributed by atoms with Gasteiger partial charge >= 0.3 is 0 Å². The third-order valence-corrected chi connectivity index (χ3v) is 2.43. The molecule has 1 aliphatic rings. The van der Waals surface area contributed by atoms with Crippen LogP contribution in [0.2, 0.25) is 0 Å². The van der Waals surface area contributed by atoms with E-state index in [9.17, 15) is 5.11 Å². The van der Waals surface area contributed by atoms with Gasteiger partial charge in [-0.2, -0.15) is 0 Å². The van der Waals surface area contributed by atoms with Gasteiger partial charge in [0.25, 0.3) is 0 Å². The highest BCUT2D eigenvalue weighted by Gasteiger charge is 2.11. The van der Waals surface area contributed by atoms with E-state index in [0.29, 0.717) is 0 Å². The number of likely N-dealkylation sites (N-methyl/N-ethyl adjacent to an activating group) is 1. The number of aliphatic hydroxyl groups excluding tert-OH is 1. The van der Waals surface area contributed by atoms with Crippen molar-refractivity contribution in [1.29, 1.82) is 0 Å². The van der Waals surface area contributed by atoms with Crippen LogP contribution in [0.5, 0.6) is 0 Å². The second-order valence-electron chi connectivity index (χ2n) is 3.55. The number of hydrogen-bond acceptors (Lipinski definition) is 2. The molecule has 0 heterocycles. The number of hydrogen-bond donors (Lipinski definition) is 1. The molecule has 0 saturated carbocycles. The molecule has 1 N–H and O–H groups in total. The van der Waals surface area contributed by atoms with Gasteiger partial charge in [0.2, 0.25) is 0 Å². The molecule has 1 unspecified atom stereocenters. The van der Waals surface area contributed by atoms with E-state index in [1.165, 1.54) is 0 Å². The molecule has 74 valence electrons. The zero-order chi connectivity index (χ0) is 9.68. The monoisotopic (exact) mass is 181 g/mol. The Bertz CT molecular complexity index is 208. The van der Waals surface area contributed by atoms with Gasteiger partial charge in [0.1, 0.15) is 0 Å². The van der Waals surface area contributed by atoms with Crippen LogP contribution in [0.15, 0.2) is 23.8 Å². The van der Waals surface area contributed by atoms with E-state index in [1.54, 1.807) is 0 Å². The van der Waals surface area contributed by atoms with E-state index >= 15 is 0 Å². The Morgan fingerprint density at radius 2 is 2.31 bits per heavy atom. The Morgan fingerprint density at radius 3 is 2.85 bits per heavy atom. The van der Waals surface area contributed by atoms with Crippen molar-refractivity contribution in [3.8, 4) is 0 Å². The first-order chi connectivity index (χ1) is 6.24. The summed E-state index contributed by atoms with van der Waals surface area (Å²) in [5, 5.41) is 9.81. The van der Waals surface area contributed by atoms with Crippen molar-refractivity contribution in [2.45, 2.75) is 25.9 Å². The summed E-state index contributed by atoms with van der Waals surface area (Å²) < 4.78 is 0. The Balaban J connectivity index is 2.42. The lowest BCUT2D eigenvalue weighted by atomic mass is 10.0. The van der Waals surface area contributed by atoms with E-state index in [0.717, 1.165) is 31.5 Å². The van der Waals surface area contributed by atoms with Crippen molar-refractivity contribution >= 4 is 0 Å². The van der Waals surface area contributed by atoms with Gasteiger partial charge in [-0.1, -0.05) is 25.2 Å². The van der Waals surface area contributed by atoms with Crippen LogP contribution >= 0.6 is 0 Å². The maximum atomic E-state index is 9.81. The third kappa shape index (κ3) is 3.33. The SMILES string of the molecule is CCN(C)CC(O)C1=CCCC=C1. The zero-order valence-electron chi connectivity index (χ0n) is 8.53. The number of rotatable bonds is 4. The van der Waals surface area contributed by atoms with Crippen LogP contribution in [-0.2, 0) is 0 Å². The summed E-state index contributed by atoms with van der Waals surface area (Å²) in [6, 6.07) is 0. The van der Waals surface area contributed by atoms with Crippen molar-refractivity contribution in [2.75, 3.05) is 20.1 Å². The predicted molar refractivity (Wildman–Crippen MR) is 55.6 cm³/mol. The minimum atomic E-state index is -0.318. The molecule has 0 bridgehead atoms. The Hall–Kier alpha value is -0.600. The van der Waals surface area contributed by atoms with Gasteiger partial charge in [-0.3, -0.25) is 0 Å². The van der Waals surface area contributed by atoms with Crippen molar-refractivity contribution in [3.63, 3.8) is 0 Å². The van der Waals surface area contributed by atoms with Crippen LogP contribution in [0.1, 0.15) is 19.8 Å². The van der Waals surface area contributed by atoms with Gasteiger partial charge in [-0.05, 0) is 32.0 Å². The minimum Gasteiger partial charge on any atom is -0.387 e. The van der Waals surface area contributed by atoms with Crippen LogP contribution in [0, 0.1) is 0 Å². The van der Waals surface area contributed by atoms with Crippen molar-refractivity contribution in [3.05, 3.63) is 23.8 Å². The Kier molecular flexibility index (Phi) is 4.19. The highest BCUT2D eigenvalue weighted by Crippen LogP contribution is 2.13. The second kappa shape index (κ2) is 5.20. The normalized spacial score (nSPS) is 18.9. The molecule has 0 aromatic carbocycles. The summed E-state index contributed by atoms with van der Waals surface area (Å²) in [7, 11) is 2.02. The van der Waals surface area contributed by atoms with Gasteiger partial charge in [-0.25, -0.2) is 0 Å². The lowest BCUT2D eigenvalue weighted by molar-refractivity contribution is 0.160. The third-order valence-electron chi connectivity index (χ3n) is 2.43. The summed E-state index contributed by atoms with van der Waals surface area (Å²) in [4.78, 5) is 2.12. The predicted octanol–water partition coefficient (Wildman–Crippen LogP) is 1.58. The van der Waals surface area contributed by atoms with Crippen LogP contribution in [0.25, 0.3) is 0 Å². The topological polar surface area (TPSA) is 23.5 Å².